The van der Waals surface area contributed by atoms with Gasteiger partial charge in [0.15, 0.2) is 0 Å². The number of urea groups is 1. The first-order valence-corrected chi connectivity index (χ1v) is 15.7. The first kappa shape index (κ1) is 31.9. The summed E-state index contributed by atoms with van der Waals surface area (Å²) in [5.41, 5.74) is 5.56. The maximum absolute atomic E-state index is 12.1. The SMILES string of the molecule is N[C@@H](CO)[C@@H](O)/C=C/CCCCCCCCCCCCCNC(=O)CCCCC1SC[C@H]2NC(=O)N[C@@H]12. The van der Waals surface area contributed by atoms with Gasteiger partial charge < -0.3 is 31.9 Å². The summed E-state index contributed by atoms with van der Waals surface area (Å²) in [6.45, 7) is 0.593. The zero-order valence-electron chi connectivity index (χ0n) is 22.7. The highest BCUT2D eigenvalue weighted by molar-refractivity contribution is 8.00. The highest BCUT2D eigenvalue weighted by Crippen LogP contribution is 2.33. The summed E-state index contributed by atoms with van der Waals surface area (Å²) in [4.78, 5) is 23.5. The molecule has 2 fully saturated rings. The van der Waals surface area contributed by atoms with Crippen LogP contribution in [-0.2, 0) is 4.79 Å². The van der Waals surface area contributed by atoms with Crippen LogP contribution in [0.25, 0.3) is 0 Å². The molecule has 7 N–H and O–H groups in total. The Kier molecular flexibility index (Phi) is 17.0. The summed E-state index contributed by atoms with van der Waals surface area (Å²) in [6.07, 6.45) is 21.1. The van der Waals surface area contributed by atoms with Crippen molar-refractivity contribution < 1.29 is 19.8 Å². The van der Waals surface area contributed by atoms with Crippen LogP contribution in [-0.4, -0.2) is 70.5 Å². The van der Waals surface area contributed by atoms with E-state index in [0.717, 1.165) is 50.8 Å². The monoisotopic (exact) mass is 540 g/mol. The van der Waals surface area contributed by atoms with Crippen molar-refractivity contribution in [3.05, 3.63) is 12.2 Å². The Morgan fingerprint density at radius 2 is 1.65 bits per heavy atom. The minimum Gasteiger partial charge on any atom is -0.395 e. The maximum atomic E-state index is 12.1. The molecule has 2 saturated heterocycles. The van der Waals surface area contributed by atoms with Gasteiger partial charge >= 0.3 is 6.03 Å². The summed E-state index contributed by atoms with van der Waals surface area (Å²) in [6, 6.07) is -0.0816. The lowest BCUT2D eigenvalue weighted by atomic mass is 10.0. The zero-order valence-corrected chi connectivity index (χ0v) is 23.5. The quantitative estimate of drug-likeness (QED) is 0.0703. The standard InChI is InChI=1S/C28H52N4O4S/c29-22(20-33)24(34)16-12-10-8-6-4-2-1-3-5-7-9-11-15-19-30-26(35)18-14-13-17-25-27-23(21-37-25)31-28(36)32-27/h12,16,22-25,27,33-34H,1-11,13-15,17-21,29H2,(H,30,35)(H2,31,32,36)/b16-12+/t22-,23+,24-,25?,27+/m0/s1. The Bertz CT molecular complexity index is 666. The highest BCUT2D eigenvalue weighted by atomic mass is 32.2. The van der Waals surface area contributed by atoms with E-state index in [1.165, 1.54) is 57.8 Å². The molecule has 0 radical (unpaired) electrons. The lowest BCUT2D eigenvalue weighted by molar-refractivity contribution is -0.121. The summed E-state index contributed by atoms with van der Waals surface area (Å²) < 4.78 is 0. The molecule has 2 heterocycles. The van der Waals surface area contributed by atoms with Crippen molar-refractivity contribution in [2.75, 3.05) is 18.9 Å². The number of aliphatic hydroxyl groups excluding tert-OH is 2. The smallest absolute Gasteiger partial charge is 0.315 e. The second-order valence-corrected chi connectivity index (χ2v) is 11.9. The van der Waals surface area contributed by atoms with E-state index in [0.29, 0.717) is 11.7 Å². The predicted octanol–water partition coefficient (Wildman–Crippen LogP) is 3.75. The molecular formula is C28H52N4O4S. The van der Waals surface area contributed by atoms with Crippen LogP contribution < -0.4 is 21.7 Å². The van der Waals surface area contributed by atoms with Crippen LogP contribution in [0.15, 0.2) is 12.2 Å². The minimum absolute atomic E-state index is 0.0343. The molecule has 2 aliphatic rings. The first-order chi connectivity index (χ1) is 18.0. The number of nitrogens with two attached hydrogens (primary N) is 1. The number of fused-ring (bicyclic) bond motifs is 1. The third kappa shape index (κ3) is 13.9. The molecule has 1 unspecified atom stereocenters. The highest BCUT2D eigenvalue weighted by Gasteiger charge is 2.42. The van der Waals surface area contributed by atoms with Crippen molar-refractivity contribution in [3.63, 3.8) is 0 Å². The van der Waals surface area contributed by atoms with Gasteiger partial charge in [0.05, 0.1) is 30.8 Å². The van der Waals surface area contributed by atoms with Gasteiger partial charge in [0.25, 0.3) is 0 Å². The van der Waals surface area contributed by atoms with E-state index >= 15 is 0 Å². The van der Waals surface area contributed by atoms with Crippen LogP contribution in [0.2, 0.25) is 0 Å². The predicted molar refractivity (Wildman–Crippen MR) is 153 cm³/mol. The fourth-order valence-corrected chi connectivity index (χ4v) is 6.60. The third-order valence-corrected chi connectivity index (χ3v) is 8.94. The Hall–Kier alpha value is -1.29. The van der Waals surface area contributed by atoms with E-state index in [9.17, 15) is 14.7 Å². The van der Waals surface area contributed by atoms with Crippen LogP contribution >= 0.6 is 11.8 Å². The molecule has 5 atom stereocenters. The van der Waals surface area contributed by atoms with Crippen molar-refractivity contribution in [2.45, 2.75) is 132 Å². The van der Waals surface area contributed by atoms with Crippen molar-refractivity contribution in [1.29, 1.82) is 0 Å². The number of allylic oxidation sites excluding steroid dienone is 1. The van der Waals surface area contributed by atoms with E-state index in [-0.39, 0.29) is 30.6 Å². The molecule has 0 aliphatic carbocycles. The number of rotatable bonds is 22. The zero-order chi connectivity index (χ0) is 26.7. The number of hydrogen-bond acceptors (Lipinski definition) is 6. The lowest BCUT2D eigenvalue weighted by Crippen LogP contribution is -2.36. The van der Waals surface area contributed by atoms with E-state index < -0.39 is 12.1 Å². The topological polar surface area (TPSA) is 137 Å². The van der Waals surface area contributed by atoms with E-state index in [1.807, 2.05) is 17.8 Å². The Labute approximate surface area is 228 Å². The fraction of sp³-hybridized carbons (Fsp3) is 0.857. The molecule has 37 heavy (non-hydrogen) atoms. The molecular weight excluding hydrogens is 488 g/mol. The van der Waals surface area contributed by atoms with Crippen LogP contribution in [0.3, 0.4) is 0 Å². The maximum Gasteiger partial charge on any atom is 0.315 e. The number of carbonyl (C=O) groups is 2. The van der Waals surface area contributed by atoms with Crippen LogP contribution in [0.1, 0.15) is 103 Å². The number of aliphatic hydroxyl groups is 2. The largest absolute Gasteiger partial charge is 0.395 e. The average Bonchev–Trinajstić information content (AvgIpc) is 3.44. The van der Waals surface area contributed by atoms with Gasteiger partial charge in [-0.1, -0.05) is 76.4 Å². The summed E-state index contributed by atoms with van der Waals surface area (Å²) >= 11 is 1.93. The van der Waals surface area contributed by atoms with Crippen LogP contribution in [0.5, 0.6) is 0 Å². The average molecular weight is 541 g/mol. The lowest BCUT2D eigenvalue weighted by Gasteiger charge is -2.16. The second kappa shape index (κ2) is 19.7. The van der Waals surface area contributed by atoms with Gasteiger partial charge in [-0.15, -0.1) is 0 Å². The van der Waals surface area contributed by atoms with E-state index in [1.54, 1.807) is 6.08 Å². The third-order valence-electron chi connectivity index (χ3n) is 7.43. The minimum atomic E-state index is -0.753. The molecule has 2 rings (SSSR count). The van der Waals surface area contributed by atoms with Gasteiger partial charge in [-0.3, -0.25) is 4.79 Å². The Balaban J connectivity index is 1.27. The second-order valence-electron chi connectivity index (χ2n) is 10.7. The molecule has 3 amide bonds. The molecule has 0 aromatic heterocycles. The van der Waals surface area contributed by atoms with Crippen molar-refractivity contribution in [1.82, 2.24) is 16.0 Å². The molecule has 2 aliphatic heterocycles. The summed E-state index contributed by atoms with van der Waals surface area (Å²) in [7, 11) is 0. The van der Waals surface area contributed by atoms with Gasteiger partial charge in [-0.2, -0.15) is 11.8 Å². The molecule has 0 spiro atoms. The molecule has 0 bridgehead atoms. The van der Waals surface area contributed by atoms with Gasteiger partial charge in [0.1, 0.15) is 0 Å². The number of nitrogens with one attached hydrogen (secondary N) is 3. The molecule has 0 aromatic carbocycles. The Morgan fingerprint density at radius 1 is 1.00 bits per heavy atom. The number of carbonyl (C=O) groups excluding carboxylic acids is 2. The molecule has 9 heteroatoms. The Morgan fingerprint density at radius 3 is 2.32 bits per heavy atom. The fourth-order valence-electron chi connectivity index (χ4n) is 5.05. The first-order valence-electron chi connectivity index (χ1n) is 14.7. The number of hydrogen-bond donors (Lipinski definition) is 6. The molecule has 8 nitrogen and oxygen atoms in total. The number of unbranched alkanes of at least 4 members (excludes halogenated alkanes) is 12. The molecule has 0 saturated carbocycles. The normalized spacial score (nSPS) is 22.6. The summed E-state index contributed by atoms with van der Waals surface area (Å²) in [5.74, 6) is 1.16. The van der Waals surface area contributed by atoms with Crippen molar-refractivity contribution in [3.8, 4) is 0 Å². The van der Waals surface area contributed by atoms with E-state index in [4.69, 9.17) is 10.8 Å². The van der Waals surface area contributed by atoms with Gasteiger partial charge in [0.2, 0.25) is 5.91 Å². The van der Waals surface area contributed by atoms with Gasteiger partial charge in [-0.25, -0.2) is 4.79 Å². The van der Waals surface area contributed by atoms with Crippen molar-refractivity contribution in [2.24, 2.45) is 5.73 Å². The van der Waals surface area contributed by atoms with Crippen LogP contribution in [0, 0.1) is 0 Å². The van der Waals surface area contributed by atoms with Crippen molar-refractivity contribution >= 4 is 23.7 Å². The summed E-state index contributed by atoms with van der Waals surface area (Å²) in [5, 5.41) is 28.1. The molecule has 0 aromatic rings. The van der Waals surface area contributed by atoms with E-state index in [2.05, 4.69) is 16.0 Å². The van der Waals surface area contributed by atoms with Gasteiger partial charge in [-0.05, 0) is 32.1 Å². The van der Waals surface area contributed by atoms with Crippen LogP contribution in [0.4, 0.5) is 4.79 Å². The number of amides is 3. The number of thioether (sulfide) groups is 1. The van der Waals surface area contributed by atoms with Gasteiger partial charge in [0, 0.05) is 24.0 Å². The molecule has 214 valence electrons.